The molecule has 0 aliphatic rings. The molecule has 0 spiro atoms. The lowest BCUT2D eigenvalue weighted by molar-refractivity contribution is 0.669. The average molecular weight is 741 g/mol. The van der Waals surface area contributed by atoms with Crippen LogP contribution < -0.4 is 0 Å². The van der Waals surface area contributed by atoms with Gasteiger partial charge in [0.05, 0.1) is 11.0 Å². The molecule has 270 valence electrons. The third kappa shape index (κ3) is 5.21. The zero-order chi connectivity index (χ0) is 38.2. The van der Waals surface area contributed by atoms with Crippen molar-refractivity contribution in [1.29, 1.82) is 0 Å². The Morgan fingerprint density at radius 2 is 0.983 bits per heavy atom. The Hall–Kier alpha value is -7.89. The number of aromatic nitrogens is 4. The highest BCUT2D eigenvalue weighted by Crippen LogP contribution is 2.39. The molecule has 3 heterocycles. The van der Waals surface area contributed by atoms with E-state index in [1.54, 1.807) is 0 Å². The standard InChI is InChI=1S/C53H32N4O/c1-3-13-33(14-4-1)35-19-11-21-40(27-35)57-47-24-10-9-22-41(47)45-32-44-38(29-48(45)57)20-12-23-43(44)53-55-51(34-15-5-2-6-16-34)54-52(56-53)39-25-26-42-46-28-36-17-7-8-18-37(36)30-50(46)58-49(42)31-39/h1-32H. The van der Waals surface area contributed by atoms with Gasteiger partial charge in [-0.1, -0.05) is 140 Å². The molecule has 0 fully saturated rings. The highest BCUT2D eigenvalue weighted by molar-refractivity contribution is 6.15. The molecule has 12 rings (SSSR count). The van der Waals surface area contributed by atoms with E-state index in [2.05, 4.69) is 168 Å². The summed E-state index contributed by atoms with van der Waals surface area (Å²) in [4.78, 5) is 15.5. The minimum absolute atomic E-state index is 0.587. The summed E-state index contributed by atoms with van der Waals surface area (Å²) in [7, 11) is 0. The molecule has 12 aromatic rings. The number of hydrogen-bond acceptors (Lipinski definition) is 4. The smallest absolute Gasteiger partial charge is 0.164 e. The third-order valence-corrected chi connectivity index (χ3v) is 11.4. The van der Waals surface area contributed by atoms with E-state index < -0.39 is 0 Å². The second-order valence-corrected chi connectivity index (χ2v) is 14.8. The monoisotopic (exact) mass is 740 g/mol. The zero-order valence-corrected chi connectivity index (χ0v) is 31.2. The Balaban J connectivity index is 1.05. The van der Waals surface area contributed by atoms with Crippen LogP contribution in [0.5, 0.6) is 0 Å². The fourth-order valence-electron chi connectivity index (χ4n) is 8.61. The molecule has 0 atom stereocenters. The Morgan fingerprint density at radius 1 is 0.328 bits per heavy atom. The van der Waals surface area contributed by atoms with Crippen LogP contribution >= 0.6 is 0 Å². The van der Waals surface area contributed by atoms with Crippen LogP contribution in [0, 0.1) is 0 Å². The SMILES string of the molecule is c1ccc(-c2cccc(-n3c4ccccc4c4cc5c(-c6nc(-c7ccccc7)nc(-c7ccc8c(c7)oc7cc9ccccc9cc78)n6)cccc5cc43)c2)cc1. The van der Waals surface area contributed by atoms with Crippen LogP contribution in [0.25, 0.3) is 116 Å². The lowest BCUT2D eigenvalue weighted by Gasteiger charge is -2.12. The van der Waals surface area contributed by atoms with E-state index in [1.807, 2.05) is 30.3 Å². The van der Waals surface area contributed by atoms with Gasteiger partial charge >= 0.3 is 0 Å². The van der Waals surface area contributed by atoms with Crippen molar-refractivity contribution in [2.24, 2.45) is 0 Å². The summed E-state index contributed by atoms with van der Waals surface area (Å²) >= 11 is 0. The first-order valence-corrected chi connectivity index (χ1v) is 19.5. The van der Waals surface area contributed by atoms with Crippen LogP contribution in [-0.2, 0) is 0 Å². The fraction of sp³-hybridized carbons (Fsp3) is 0. The van der Waals surface area contributed by atoms with E-state index in [4.69, 9.17) is 19.4 Å². The van der Waals surface area contributed by atoms with Crippen LogP contribution in [0.3, 0.4) is 0 Å². The molecule has 3 aromatic heterocycles. The summed E-state index contributed by atoms with van der Waals surface area (Å²) in [6.45, 7) is 0. The topological polar surface area (TPSA) is 56.7 Å². The summed E-state index contributed by atoms with van der Waals surface area (Å²) in [6.07, 6.45) is 0. The fourth-order valence-corrected chi connectivity index (χ4v) is 8.61. The van der Waals surface area contributed by atoms with E-state index >= 15 is 0 Å². The minimum Gasteiger partial charge on any atom is -0.456 e. The highest BCUT2D eigenvalue weighted by Gasteiger charge is 2.19. The average Bonchev–Trinajstić information content (AvgIpc) is 3.81. The van der Waals surface area contributed by atoms with Gasteiger partial charge in [0.25, 0.3) is 0 Å². The predicted molar refractivity (Wildman–Crippen MR) is 238 cm³/mol. The minimum atomic E-state index is 0.587. The number of fused-ring (bicyclic) bond motifs is 8. The molecule has 9 aromatic carbocycles. The zero-order valence-electron chi connectivity index (χ0n) is 31.2. The highest BCUT2D eigenvalue weighted by atomic mass is 16.3. The van der Waals surface area contributed by atoms with Gasteiger partial charge in [0, 0.05) is 43.9 Å². The van der Waals surface area contributed by atoms with Crippen LogP contribution in [0.4, 0.5) is 0 Å². The Morgan fingerprint density at radius 3 is 1.83 bits per heavy atom. The van der Waals surface area contributed by atoms with E-state index in [0.717, 1.165) is 71.5 Å². The molecule has 0 bridgehead atoms. The molecule has 0 aliphatic heterocycles. The molecule has 0 N–H and O–H groups in total. The van der Waals surface area contributed by atoms with E-state index in [-0.39, 0.29) is 0 Å². The second kappa shape index (κ2) is 12.8. The maximum Gasteiger partial charge on any atom is 0.164 e. The molecule has 0 unspecified atom stereocenters. The van der Waals surface area contributed by atoms with Crippen molar-refractivity contribution in [3.05, 3.63) is 194 Å². The van der Waals surface area contributed by atoms with Gasteiger partial charge in [-0.05, 0) is 87.3 Å². The van der Waals surface area contributed by atoms with Gasteiger partial charge < -0.3 is 8.98 Å². The number of furan rings is 1. The van der Waals surface area contributed by atoms with E-state index in [9.17, 15) is 0 Å². The van der Waals surface area contributed by atoms with Crippen molar-refractivity contribution in [3.8, 4) is 51.0 Å². The Kier molecular flexibility index (Phi) is 7.16. The number of para-hydroxylation sites is 1. The maximum absolute atomic E-state index is 6.48. The number of nitrogens with zero attached hydrogens (tertiary/aromatic N) is 4. The van der Waals surface area contributed by atoms with Gasteiger partial charge in [0.15, 0.2) is 17.5 Å². The molecule has 0 aliphatic carbocycles. The lowest BCUT2D eigenvalue weighted by atomic mass is 10.0. The van der Waals surface area contributed by atoms with E-state index in [1.165, 1.54) is 27.3 Å². The van der Waals surface area contributed by atoms with Crippen molar-refractivity contribution in [3.63, 3.8) is 0 Å². The Bertz CT molecular complexity index is 3570. The molecule has 5 heteroatoms. The quantitative estimate of drug-likeness (QED) is 0.176. The van der Waals surface area contributed by atoms with Crippen LogP contribution in [0.1, 0.15) is 0 Å². The Labute approximate surface area is 333 Å². The number of rotatable bonds is 5. The predicted octanol–water partition coefficient (Wildman–Crippen LogP) is 13.8. The molecule has 0 radical (unpaired) electrons. The van der Waals surface area contributed by atoms with Crippen molar-refractivity contribution in [1.82, 2.24) is 19.5 Å². The normalized spacial score (nSPS) is 11.8. The molecule has 58 heavy (non-hydrogen) atoms. The summed E-state index contributed by atoms with van der Waals surface area (Å²) in [5.74, 6) is 1.82. The molecule has 5 nitrogen and oxygen atoms in total. The van der Waals surface area contributed by atoms with Crippen molar-refractivity contribution >= 4 is 65.3 Å². The largest absolute Gasteiger partial charge is 0.456 e. The molecule has 0 amide bonds. The van der Waals surface area contributed by atoms with Crippen LogP contribution in [0.15, 0.2) is 199 Å². The lowest BCUT2D eigenvalue weighted by Crippen LogP contribution is -2.00. The molecular weight excluding hydrogens is 709 g/mol. The first kappa shape index (κ1) is 32.4. The van der Waals surface area contributed by atoms with Gasteiger partial charge in [0.1, 0.15) is 11.2 Å². The summed E-state index contributed by atoms with van der Waals surface area (Å²) in [6, 6.07) is 68.2. The van der Waals surface area contributed by atoms with Gasteiger partial charge in [-0.15, -0.1) is 0 Å². The molecule has 0 saturated heterocycles. The first-order valence-electron chi connectivity index (χ1n) is 19.5. The summed E-state index contributed by atoms with van der Waals surface area (Å²) in [5.41, 5.74) is 10.2. The second-order valence-electron chi connectivity index (χ2n) is 14.8. The van der Waals surface area contributed by atoms with Crippen molar-refractivity contribution < 1.29 is 4.42 Å². The first-order chi connectivity index (χ1) is 28.7. The van der Waals surface area contributed by atoms with Gasteiger partial charge in [-0.2, -0.15) is 0 Å². The van der Waals surface area contributed by atoms with Crippen molar-refractivity contribution in [2.75, 3.05) is 0 Å². The molecule has 0 saturated carbocycles. The third-order valence-electron chi connectivity index (χ3n) is 11.4. The number of benzene rings is 9. The molecular formula is C53H32N4O. The number of hydrogen-bond donors (Lipinski definition) is 0. The maximum atomic E-state index is 6.48. The van der Waals surface area contributed by atoms with Crippen LogP contribution in [0.2, 0.25) is 0 Å². The summed E-state index contributed by atoms with van der Waals surface area (Å²) < 4.78 is 8.86. The van der Waals surface area contributed by atoms with Gasteiger partial charge in [-0.25, -0.2) is 15.0 Å². The van der Waals surface area contributed by atoms with Gasteiger partial charge in [0.2, 0.25) is 0 Å². The van der Waals surface area contributed by atoms with Gasteiger partial charge in [-0.3, -0.25) is 0 Å². The van der Waals surface area contributed by atoms with E-state index in [0.29, 0.717) is 17.5 Å². The van der Waals surface area contributed by atoms with Crippen LogP contribution in [-0.4, -0.2) is 19.5 Å². The summed E-state index contributed by atoms with van der Waals surface area (Å²) in [5, 5.41) is 9.03. The van der Waals surface area contributed by atoms with Crippen molar-refractivity contribution in [2.45, 2.75) is 0 Å².